The van der Waals surface area contributed by atoms with Gasteiger partial charge >= 0.3 is 0 Å². The van der Waals surface area contributed by atoms with Crippen LogP contribution in [0.5, 0.6) is 0 Å². The quantitative estimate of drug-likeness (QED) is 0.796. The molecule has 1 aliphatic heterocycles. The van der Waals surface area contributed by atoms with Gasteiger partial charge in [0.1, 0.15) is 5.82 Å². The van der Waals surface area contributed by atoms with Gasteiger partial charge in [0.05, 0.1) is 34.3 Å². The highest BCUT2D eigenvalue weighted by molar-refractivity contribution is 7.91. The fourth-order valence-electron chi connectivity index (χ4n) is 2.64. The van der Waals surface area contributed by atoms with Crippen LogP contribution in [0, 0.1) is 6.92 Å². The second-order valence-corrected chi connectivity index (χ2v) is 9.43. The summed E-state index contributed by atoms with van der Waals surface area (Å²) in [6.07, 6.45) is 1.55. The van der Waals surface area contributed by atoms with E-state index in [1.807, 2.05) is 24.3 Å². The van der Waals surface area contributed by atoms with Gasteiger partial charge in [-0.05, 0) is 19.1 Å². The number of amides is 1. The van der Waals surface area contributed by atoms with E-state index in [-0.39, 0.29) is 30.5 Å². The highest BCUT2D eigenvalue weighted by Gasteiger charge is 2.25. The number of aryl methyl sites for hydroxylation is 1. The van der Waals surface area contributed by atoms with Gasteiger partial charge in [0.2, 0.25) is 0 Å². The minimum atomic E-state index is -3.00. The Hall–Kier alpha value is -2.00. The Balaban J connectivity index is 1.64. The number of thiazole rings is 1. The Morgan fingerprint density at radius 3 is 2.60 bits per heavy atom. The second kappa shape index (κ2) is 7.09. The van der Waals surface area contributed by atoms with Crippen LogP contribution in [0.3, 0.4) is 0 Å². The number of pyridine rings is 1. The van der Waals surface area contributed by atoms with Crippen LogP contribution in [0.1, 0.15) is 21.1 Å². The molecule has 134 valence electrons. The standard InChI is InChI=1S/C16H20N4O3S2/c1-12-18-14(11-24-12)10-19(2)15-4-3-13(9-17-15)16(21)20-5-7-25(22,23)8-6-20/h3-4,9,11H,5-8,10H2,1-2H3. The normalized spacial score (nSPS) is 16.6. The van der Waals surface area contributed by atoms with Crippen molar-refractivity contribution in [1.29, 1.82) is 0 Å². The summed E-state index contributed by atoms with van der Waals surface area (Å²) in [7, 11) is -1.07. The number of aromatic nitrogens is 2. The lowest BCUT2D eigenvalue weighted by atomic mass is 10.2. The molecular weight excluding hydrogens is 360 g/mol. The molecule has 1 fully saturated rings. The van der Waals surface area contributed by atoms with E-state index >= 15 is 0 Å². The number of carbonyl (C=O) groups excluding carboxylic acids is 1. The molecule has 7 nitrogen and oxygen atoms in total. The van der Waals surface area contributed by atoms with Gasteiger partial charge in [-0.3, -0.25) is 4.79 Å². The first kappa shape index (κ1) is 17.8. The van der Waals surface area contributed by atoms with Crippen molar-refractivity contribution in [3.63, 3.8) is 0 Å². The summed E-state index contributed by atoms with van der Waals surface area (Å²) in [4.78, 5) is 24.8. The topological polar surface area (TPSA) is 83.5 Å². The Morgan fingerprint density at radius 1 is 1.32 bits per heavy atom. The largest absolute Gasteiger partial charge is 0.354 e. The van der Waals surface area contributed by atoms with Gasteiger partial charge in [-0.15, -0.1) is 11.3 Å². The van der Waals surface area contributed by atoms with Gasteiger partial charge in [0.25, 0.3) is 5.91 Å². The highest BCUT2D eigenvalue weighted by atomic mass is 32.2. The van der Waals surface area contributed by atoms with Gasteiger partial charge in [-0.25, -0.2) is 18.4 Å². The summed E-state index contributed by atoms with van der Waals surface area (Å²) in [6, 6.07) is 3.53. The van der Waals surface area contributed by atoms with Crippen LogP contribution in [0.4, 0.5) is 5.82 Å². The molecule has 0 bridgehead atoms. The molecule has 0 N–H and O–H groups in total. The minimum absolute atomic E-state index is 0.0278. The molecule has 0 unspecified atom stereocenters. The van der Waals surface area contributed by atoms with Crippen molar-refractivity contribution >= 4 is 32.9 Å². The lowest BCUT2D eigenvalue weighted by Crippen LogP contribution is -2.43. The van der Waals surface area contributed by atoms with Crippen molar-refractivity contribution in [3.05, 3.63) is 40.0 Å². The molecule has 0 aromatic carbocycles. The number of sulfone groups is 1. The van der Waals surface area contributed by atoms with Gasteiger partial charge in [-0.1, -0.05) is 0 Å². The molecule has 1 saturated heterocycles. The lowest BCUT2D eigenvalue weighted by molar-refractivity contribution is 0.0770. The first-order chi connectivity index (χ1) is 11.8. The molecule has 1 amide bonds. The molecule has 3 rings (SSSR count). The number of rotatable bonds is 4. The molecule has 25 heavy (non-hydrogen) atoms. The van der Waals surface area contributed by atoms with E-state index in [1.165, 1.54) is 0 Å². The molecule has 2 aromatic rings. The van der Waals surface area contributed by atoms with E-state index in [2.05, 4.69) is 9.97 Å². The third-order valence-corrected chi connectivity index (χ3v) is 6.51. The number of carbonyl (C=O) groups is 1. The molecule has 0 spiro atoms. The molecule has 0 radical (unpaired) electrons. The van der Waals surface area contributed by atoms with Crippen LogP contribution in [0.25, 0.3) is 0 Å². The Kier molecular flexibility index (Phi) is 5.05. The SMILES string of the molecule is Cc1nc(CN(C)c2ccc(C(=O)N3CCS(=O)(=O)CC3)cn2)cs1. The molecule has 0 atom stereocenters. The van der Waals surface area contributed by atoms with Crippen LogP contribution in [-0.2, 0) is 16.4 Å². The van der Waals surface area contributed by atoms with Gasteiger partial charge in [0.15, 0.2) is 9.84 Å². The van der Waals surface area contributed by atoms with E-state index in [0.717, 1.165) is 16.5 Å². The predicted octanol–water partition coefficient (Wildman–Crippen LogP) is 1.35. The molecule has 9 heteroatoms. The van der Waals surface area contributed by atoms with Crippen LogP contribution in [0.15, 0.2) is 23.7 Å². The smallest absolute Gasteiger partial charge is 0.255 e. The van der Waals surface area contributed by atoms with Crippen LogP contribution in [0.2, 0.25) is 0 Å². The van der Waals surface area contributed by atoms with Gasteiger partial charge in [-0.2, -0.15) is 0 Å². The Morgan fingerprint density at radius 2 is 2.04 bits per heavy atom. The van der Waals surface area contributed by atoms with Gasteiger partial charge in [0, 0.05) is 31.7 Å². The van der Waals surface area contributed by atoms with Crippen LogP contribution >= 0.6 is 11.3 Å². The number of nitrogens with zero attached hydrogens (tertiary/aromatic N) is 4. The summed E-state index contributed by atoms with van der Waals surface area (Å²) in [6.45, 7) is 3.10. The Bertz CT molecular complexity index is 848. The van der Waals surface area contributed by atoms with Crippen molar-refractivity contribution in [2.75, 3.05) is 36.5 Å². The molecular formula is C16H20N4O3S2. The lowest BCUT2D eigenvalue weighted by Gasteiger charge is -2.26. The van der Waals surface area contributed by atoms with Gasteiger partial charge < -0.3 is 9.80 Å². The Labute approximate surface area is 151 Å². The molecule has 0 aliphatic carbocycles. The number of anilines is 1. The summed E-state index contributed by atoms with van der Waals surface area (Å²) < 4.78 is 22.9. The monoisotopic (exact) mass is 380 g/mol. The van der Waals surface area contributed by atoms with Crippen molar-refractivity contribution in [2.45, 2.75) is 13.5 Å². The summed E-state index contributed by atoms with van der Waals surface area (Å²) in [5.74, 6) is 0.634. The van der Waals surface area contributed by atoms with E-state index in [9.17, 15) is 13.2 Å². The maximum atomic E-state index is 12.5. The second-order valence-electron chi connectivity index (χ2n) is 6.06. The number of hydrogen-bond donors (Lipinski definition) is 0. The molecule has 1 aliphatic rings. The molecule has 3 heterocycles. The molecule has 0 saturated carbocycles. The highest BCUT2D eigenvalue weighted by Crippen LogP contribution is 2.16. The third kappa shape index (κ3) is 4.35. The fraction of sp³-hybridized carbons (Fsp3) is 0.438. The van der Waals surface area contributed by atoms with Crippen molar-refractivity contribution < 1.29 is 13.2 Å². The average Bonchev–Trinajstić information content (AvgIpc) is 2.99. The van der Waals surface area contributed by atoms with E-state index in [0.29, 0.717) is 12.1 Å². The first-order valence-corrected chi connectivity index (χ1v) is 10.6. The van der Waals surface area contributed by atoms with Crippen molar-refractivity contribution in [2.24, 2.45) is 0 Å². The predicted molar refractivity (Wildman–Crippen MR) is 97.8 cm³/mol. The van der Waals surface area contributed by atoms with Crippen molar-refractivity contribution in [1.82, 2.24) is 14.9 Å². The summed E-state index contributed by atoms with van der Waals surface area (Å²) in [5.41, 5.74) is 1.46. The summed E-state index contributed by atoms with van der Waals surface area (Å²) >= 11 is 1.61. The van der Waals surface area contributed by atoms with E-state index in [1.54, 1.807) is 34.6 Å². The maximum absolute atomic E-state index is 12.5. The first-order valence-electron chi connectivity index (χ1n) is 7.92. The van der Waals surface area contributed by atoms with E-state index in [4.69, 9.17) is 0 Å². The minimum Gasteiger partial charge on any atom is -0.354 e. The fourth-order valence-corrected chi connectivity index (χ4v) is 4.45. The molecule has 2 aromatic heterocycles. The van der Waals surface area contributed by atoms with Crippen LogP contribution < -0.4 is 4.90 Å². The number of hydrogen-bond acceptors (Lipinski definition) is 7. The van der Waals surface area contributed by atoms with Crippen LogP contribution in [-0.4, -0.2) is 60.8 Å². The average molecular weight is 380 g/mol. The maximum Gasteiger partial charge on any atom is 0.255 e. The zero-order chi connectivity index (χ0) is 18.0. The summed E-state index contributed by atoms with van der Waals surface area (Å²) in [5, 5.41) is 3.05. The third-order valence-electron chi connectivity index (χ3n) is 4.08. The zero-order valence-electron chi connectivity index (χ0n) is 14.2. The zero-order valence-corrected chi connectivity index (χ0v) is 15.8. The van der Waals surface area contributed by atoms with Crippen molar-refractivity contribution in [3.8, 4) is 0 Å². The van der Waals surface area contributed by atoms with E-state index < -0.39 is 9.84 Å².